The van der Waals surface area contributed by atoms with Crippen molar-refractivity contribution in [2.75, 3.05) is 25.5 Å². The summed E-state index contributed by atoms with van der Waals surface area (Å²) in [6, 6.07) is 10.6. The van der Waals surface area contributed by atoms with Crippen molar-refractivity contribution in [1.29, 1.82) is 0 Å². The fraction of sp³-hybridized carbons (Fsp3) is 0.312. The minimum Gasteiger partial charge on any atom is -0.384 e. The van der Waals surface area contributed by atoms with Crippen molar-refractivity contribution >= 4 is 5.69 Å². The van der Waals surface area contributed by atoms with Crippen LogP contribution in [0.15, 0.2) is 42.6 Å². The van der Waals surface area contributed by atoms with Crippen LogP contribution in [-0.4, -0.2) is 30.0 Å². The molecular weight excluding hydrogens is 253 g/mol. The molecule has 4 heteroatoms. The topological polar surface area (TPSA) is 28.2 Å². The first-order valence-electron chi connectivity index (χ1n) is 6.73. The number of hydrogen-bond acceptors (Lipinski definition) is 3. The van der Waals surface area contributed by atoms with Gasteiger partial charge in [-0.3, -0.25) is 4.98 Å². The summed E-state index contributed by atoms with van der Waals surface area (Å²) in [5, 5.41) is 3.37. The van der Waals surface area contributed by atoms with E-state index in [4.69, 9.17) is 0 Å². The molecule has 1 N–H and O–H groups in total. The SMILES string of the molecule is Cc1cc(NCCN(C)Cc2ccc(F)cc2)ccn1. The maximum atomic E-state index is 12.8. The molecule has 0 amide bonds. The molecule has 0 unspecified atom stereocenters. The summed E-state index contributed by atoms with van der Waals surface area (Å²) in [7, 11) is 2.06. The van der Waals surface area contributed by atoms with Gasteiger partial charge in [0.15, 0.2) is 0 Å². The van der Waals surface area contributed by atoms with Crippen molar-refractivity contribution < 1.29 is 4.39 Å². The van der Waals surface area contributed by atoms with Crippen LogP contribution in [0, 0.1) is 12.7 Å². The van der Waals surface area contributed by atoms with E-state index < -0.39 is 0 Å². The number of rotatable bonds is 6. The van der Waals surface area contributed by atoms with Gasteiger partial charge in [0.05, 0.1) is 0 Å². The highest BCUT2D eigenvalue weighted by Crippen LogP contribution is 2.07. The van der Waals surface area contributed by atoms with Crippen molar-refractivity contribution in [2.45, 2.75) is 13.5 Å². The van der Waals surface area contributed by atoms with E-state index in [1.54, 1.807) is 6.20 Å². The molecule has 20 heavy (non-hydrogen) atoms. The zero-order valence-corrected chi connectivity index (χ0v) is 11.9. The Morgan fingerprint density at radius 1 is 1.20 bits per heavy atom. The van der Waals surface area contributed by atoms with Gasteiger partial charge < -0.3 is 10.2 Å². The van der Waals surface area contributed by atoms with Gasteiger partial charge in [-0.05, 0) is 43.8 Å². The van der Waals surface area contributed by atoms with Gasteiger partial charge in [0.2, 0.25) is 0 Å². The third kappa shape index (κ3) is 4.63. The van der Waals surface area contributed by atoms with E-state index in [0.717, 1.165) is 36.6 Å². The van der Waals surface area contributed by atoms with E-state index in [9.17, 15) is 4.39 Å². The number of aryl methyl sites for hydroxylation is 1. The van der Waals surface area contributed by atoms with Gasteiger partial charge in [0, 0.05) is 37.2 Å². The van der Waals surface area contributed by atoms with Crippen molar-refractivity contribution in [3.05, 3.63) is 59.7 Å². The van der Waals surface area contributed by atoms with Crippen molar-refractivity contribution in [3.63, 3.8) is 0 Å². The lowest BCUT2D eigenvalue weighted by Gasteiger charge is -2.17. The van der Waals surface area contributed by atoms with E-state index in [-0.39, 0.29) is 5.82 Å². The van der Waals surface area contributed by atoms with Crippen LogP contribution in [0.5, 0.6) is 0 Å². The first kappa shape index (κ1) is 14.5. The van der Waals surface area contributed by atoms with E-state index in [1.807, 2.05) is 31.2 Å². The second-order valence-corrected chi connectivity index (χ2v) is 4.98. The zero-order valence-electron chi connectivity index (χ0n) is 11.9. The summed E-state index contributed by atoms with van der Waals surface area (Å²) < 4.78 is 12.8. The Hall–Kier alpha value is -1.94. The molecule has 0 aliphatic carbocycles. The average molecular weight is 273 g/mol. The Balaban J connectivity index is 1.75. The molecule has 0 aliphatic rings. The van der Waals surface area contributed by atoms with E-state index in [1.165, 1.54) is 12.1 Å². The fourth-order valence-electron chi connectivity index (χ4n) is 2.03. The molecule has 0 spiro atoms. The fourth-order valence-corrected chi connectivity index (χ4v) is 2.03. The quantitative estimate of drug-likeness (QED) is 0.876. The van der Waals surface area contributed by atoms with Crippen molar-refractivity contribution in [1.82, 2.24) is 9.88 Å². The maximum Gasteiger partial charge on any atom is 0.123 e. The van der Waals surface area contributed by atoms with Gasteiger partial charge >= 0.3 is 0 Å². The van der Waals surface area contributed by atoms with Crippen LogP contribution < -0.4 is 5.32 Å². The first-order valence-corrected chi connectivity index (χ1v) is 6.73. The first-order chi connectivity index (χ1) is 9.63. The Kier molecular flexibility index (Phi) is 5.07. The number of nitrogens with one attached hydrogen (secondary N) is 1. The lowest BCUT2D eigenvalue weighted by atomic mass is 10.2. The third-order valence-corrected chi connectivity index (χ3v) is 3.09. The van der Waals surface area contributed by atoms with E-state index >= 15 is 0 Å². The van der Waals surface area contributed by atoms with Crippen LogP contribution in [0.1, 0.15) is 11.3 Å². The molecule has 2 aromatic rings. The minimum absolute atomic E-state index is 0.189. The second kappa shape index (κ2) is 7.01. The minimum atomic E-state index is -0.189. The molecule has 3 nitrogen and oxygen atoms in total. The summed E-state index contributed by atoms with van der Waals surface area (Å²) >= 11 is 0. The largest absolute Gasteiger partial charge is 0.384 e. The molecule has 1 heterocycles. The van der Waals surface area contributed by atoms with Gasteiger partial charge in [-0.25, -0.2) is 4.39 Å². The van der Waals surface area contributed by atoms with Crippen LogP contribution in [0.25, 0.3) is 0 Å². The number of anilines is 1. The highest BCUT2D eigenvalue weighted by Gasteiger charge is 2.01. The Morgan fingerprint density at radius 2 is 1.95 bits per heavy atom. The maximum absolute atomic E-state index is 12.8. The molecule has 1 aromatic heterocycles. The summed E-state index contributed by atoms with van der Waals surface area (Å²) in [5.74, 6) is -0.189. The predicted molar refractivity (Wildman–Crippen MR) is 80.2 cm³/mol. The number of halogens is 1. The van der Waals surface area contributed by atoms with Gasteiger partial charge in [-0.15, -0.1) is 0 Å². The molecule has 0 fully saturated rings. The van der Waals surface area contributed by atoms with Crippen LogP contribution >= 0.6 is 0 Å². The number of nitrogens with zero attached hydrogens (tertiary/aromatic N) is 2. The summed E-state index contributed by atoms with van der Waals surface area (Å²) in [6.07, 6.45) is 1.81. The van der Waals surface area contributed by atoms with Crippen molar-refractivity contribution in [2.24, 2.45) is 0 Å². The Labute approximate surface area is 119 Å². The second-order valence-electron chi connectivity index (χ2n) is 4.98. The van der Waals surface area contributed by atoms with Crippen LogP contribution in [0.3, 0.4) is 0 Å². The normalized spacial score (nSPS) is 10.8. The summed E-state index contributed by atoms with van der Waals surface area (Å²) in [5.41, 5.74) is 3.22. The molecule has 0 aliphatic heterocycles. The summed E-state index contributed by atoms with van der Waals surface area (Å²) in [6.45, 7) is 4.57. The average Bonchev–Trinajstić information content (AvgIpc) is 2.41. The molecule has 0 bridgehead atoms. The van der Waals surface area contributed by atoms with Gasteiger partial charge in [0.25, 0.3) is 0 Å². The molecule has 0 saturated carbocycles. The van der Waals surface area contributed by atoms with Gasteiger partial charge in [-0.1, -0.05) is 12.1 Å². The molecule has 2 rings (SSSR count). The zero-order chi connectivity index (χ0) is 14.4. The molecule has 0 saturated heterocycles. The Morgan fingerprint density at radius 3 is 2.65 bits per heavy atom. The Bertz CT molecular complexity index is 540. The summed E-state index contributed by atoms with van der Waals surface area (Å²) in [4.78, 5) is 6.37. The van der Waals surface area contributed by atoms with Gasteiger partial charge in [0.1, 0.15) is 5.82 Å². The van der Waals surface area contributed by atoms with E-state index in [0.29, 0.717) is 0 Å². The van der Waals surface area contributed by atoms with Crippen molar-refractivity contribution in [3.8, 4) is 0 Å². The van der Waals surface area contributed by atoms with Crippen LogP contribution in [0.4, 0.5) is 10.1 Å². The number of benzene rings is 1. The number of hydrogen-bond donors (Lipinski definition) is 1. The molecule has 106 valence electrons. The van der Waals surface area contributed by atoms with Gasteiger partial charge in [-0.2, -0.15) is 0 Å². The third-order valence-electron chi connectivity index (χ3n) is 3.09. The van der Waals surface area contributed by atoms with Crippen LogP contribution in [-0.2, 0) is 6.54 Å². The predicted octanol–water partition coefficient (Wildman–Crippen LogP) is 3.07. The molecular formula is C16H20FN3. The van der Waals surface area contributed by atoms with Crippen LogP contribution in [0.2, 0.25) is 0 Å². The number of likely N-dealkylation sites (N-methyl/N-ethyl adjacent to an activating group) is 1. The lowest BCUT2D eigenvalue weighted by Crippen LogP contribution is -2.24. The highest BCUT2D eigenvalue weighted by molar-refractivity contribution is 5.42. The lowest BCUT2D eigenvalue weighted by molar-refractivity contribution is 0.340. The molecule has 1 aromatic carbocycles. The monoisotopic (exact) mass is 273 g/mol. The standard InChI is InChI=1S/C16H20FN3/c1-13-11-16(7-8-18-13)19-9-10-20(2)12-14-3-5-15(17)6-4-14/h3-8,11H,9-10,12H2,1-2H3,(H,18,19). The number of aromatic nitrogens is 1. The number of pyridine rings is 1. The molecule has 0 atom stereocenters. The smallest absolute Gasteiger partial charge is 0.123 e. The highest BCUT2D eigenvalue weighted by atomic mass is 19.1. The van der Waals surface area contributed by atoms with E-state index in [2.05, 4.69) is 22.2 Å². The molecule has 0 radical (unpaired) electrons.